The van der Waals surface area contributed by atoms with Crippen LogP contribution in [0.2, 0.25) is 0 Å². The minimum Gasteiger partial charge on any atom is -0.416 e. The molecule has 27 heavy (non-hydrogen) atoms. The molecular weight excluding hydrogens is 346 g/mol. The minimum atomic E-state index is -1.91. The number of carbonyl (C=O) groups is 2. The van der Waals surface area contributed by atoms with E-state index in [0.29, 0.717) is 13.1 Å². The molecule has 7 heteroatoms. The molecule has 1 aliphatic heterocycles. The molecule has 1 aromatic rings. The van der Waals surface area contributed by atoms with Crippen LogP contribution in [0.4, 0.5) is 4.79 Å². The van der Waals surface area contributed by atoms with E-state index in [1.54, 1.807) is 4.90 Å². The molecule has 0 aromatic heterocycles. The molecule has 0 spiro atoms. The van der Waals surface area contributed by atoms with Gasteiger partial charge in [0, 0.05) is 38.1 Å². The predicted molar refractivity (Wildman–Crippen MR) is 103 cm³/mol. The van der Waals surface area contributed by atoms with Crippen molar-refractivity contribution in [2.75, 3.05) is 33.2 Å². The zero-order chi connectivity index (χ0) is 20.1. The van der Waals surface area contributed by atoms with Crippen molar-refractivity contribution in [3.63, 3.8) is 0 Å². The van der Waals surface area contributed by atoms with E-state index in [1.165, 1.54) is 0 Å². The molecule has 0 bridgehead atoms. The van der Waals surface area contributed by atoms with E-state index in [9.17, 15) is 14.7 Å². The van der Waals surface area contributed by atoms with Gasteiger partial charge in [0.25, 0.3) is 0 Å². The van der Waals surface area contributed by atoms with Gasteiger partial charge in [0.15, 0.2) is 0 Å². The molecule has 2 N–H and O–H groups in total. The van der Waals surface area contributed by atoms with Gasteiger partial charge in [-0.25, -0.2) is 4.79 Å². The molecule has 2 amide bonds. The second-order valence-corrected chi connectivity index (χ2v) is 8.23. The van der Waals surface area contributed by atoms with Crippen molar-refractivity contribution in [1.29, 1.82) is 0 Å². The normalized spacial score (nSPS) is 17.9. The number of likely N-dealkylation sites (N-methyl/N-ethyl adjacent to an activating group) is 1. The van der Waals surface area contributed by atoms with Crippen LogP contribution in [0.5, 0.6) is 0 Å². The summed E-state index contributed by atoms with van der Waals surface area (Å²) in [6.07, 6.45) is -0.972. The SMILES string of the molecule is CN1CCN(C(=O)CC(O)(Cc2ccccc2)OC(=O)NC(C)(C)C)CC1. The number of ether oxygens (including phenoxy) is 1. The van der Waals surface area contributed by atoms with Gasteiger partial charge < -0.3 is 25.0 Å². The van der Waals surface area contributed by atoms with Crippen LogP contribution in [-0.2, 0) is 16.0 Å². The van der Waals surface area contributed by atoms with E-state index in [4.69, 9.17) is 4.74 Å². The van der Waals surface area contributed by atoms with Crippen LogP contribution in [0.25, 0.3) is 0 Å². The van der Waals surface area contributed by atoms with Crippen LogP contribution in [0.15, 0.2) is 30.3 Å². The zero-order valence-electron chi connectivity index (χ0n) is 16.7. The van der Waals surface area contributed by atoms with E-state index in [-0.39, 0.29) is 18.7 Å². The lowest BCUT2D eigenvalue weighted by molar-refractivity contribution is -0.178. The lowest BCUT2D eigenvalue weighted by atomic mass is 10.0. The molecule has 1 aromatic carbocycles. The quantitative estimate of drug-likeness (QED) is 0.762. The highest BCUT2D eigenvalue weighted by atomic mass is 16.7. The van der Waals surface area contributed by atoms with Gasteiger partial charge >= 0.3 is 6.09 Å². The smallest absolute Gasteiger partial charge is 0.410 e. The summed E-state index contributed by atoms with van der Waals surface area (Å²) in [5, 5.41) is 13.7. The van der Waals surface area contributed by atoms with E-state index >= 15 is 0 Å². The molecule has 7 nitrogen and oxygen atoms in total. The van der Waals surface area contributed by atoms with Crippen molar-refractivity contribution in [3.05, 3.63) is 35.9 Å². The highest BCUT2D eigenvalue weighted by Gasteiger charge is 2.37. The van der Waals surface area contributed by atoms with E-state index < -0.39 is 17.4 Å². The maximum absolute atomic E-state index is 12.7. The third-order valence-electron chi connectivity index (χ3n) is 4.37. The zero-order valence-corrected chi connectivity index (χ0v) is 16.7. The Bertz CT molecular complexity index is 636. The number of piperazine rings is 1. The molecule has 1 unspecified atom stereocenters. The number of rotatable bonds is 5. The van der Waals surface area contributed by atoms with Crippen molar-refractivity contribution >= 4 is 12.0 Å². The van der Waals surface area contributed by atoms with Crippen LogP contribution in [0.3, 0.4) is 0 Å². The Morgan fingerprint density at radius 1 is 1.11 bits per heavy atom. The van der Waals surface area contributed by atoms with Gasteiger partial charge in [-0.2, -0.15) is 0 Å². The van der Waals surface area contributed by atoms with Gasteiger partial charge in [-0.05, 0) is 33.4 Å². The number of aliphatic hydroxyl groups is 1. The summed E-state index contributed by atoms with van der Waals surface area (Å²) in [7, 11) is 2.01. The van der Waals surface area contributed by atoms with Gasteiger partial charge in [-0.1, -0.05) is 30.3 Å². The number of benzene rings is 1. The molecule has 1 saturated heterocycles. The highest BCUT2D eigenvalue weighted by molar-refractivity contribution is 5.78. The number of hydrogen-bond donors (Lipinski definition) is 2. The molecule has 1 heterocycles. The number of amides is 2. The number of nitrogens with one attached hydrogen (secondary N) is 1. The molecule has 150 valence electrons. The average molecular weight is 377 g/mol. The van der Waals surface area contributed by atoms with E-state index in [1.807, 2.05) is 58.2 Å². The molecule has 0 saturated carbocycles. The molecule has 0 aliphatic carbocycles. The fourth-order valence-electron chi connectivity index (χ4n) is 2.96. The van der Waals surface area contributed by atoms with E-state index in [0.717, 1.165) is 18.7 Å². The standard InChI is InChI=1S/C20H31N3O4/c1-19(2,3)21-18(25)27-20(26,14-16-8-6-5-7-9-16)15-17(24)23-12-10-22(4)11-13-23/h5-9,26H,10-15H2,1-4H3,(H,21,25). The summed E-state index contributed by atoms with van der Waals surface area (Å²) in [6.45, 7) is 8.23. The molecule has 2 rings (SSSR count). The third kappa shape index (κ3) is 7.19. The molecule has 0 radical (unpaired) electrons. The minimum absolute atomic E-state index is 0.0465. The molecule has 1 fully saturated rings. The van der Waals surface area contributed by atoms with Gasteiger partial charge in [-0.15, -0.1) is 0 Å². The first-order chi connectivity index (χ1) is 12.6. The van der Waals surface area contributed by atoms with Gasteiger partial charge in [-0.3, -0.25) is 4.79 Å². The maximum Gasteiger partial charge on any atom is 0.410 e. The van der Waals surface area contributed by atoms with Crippen LogP contribution < -0.4 is 5.32 Å². The lowest BCUT2D eigenvalue weighted by Gasteiger charge is -2.35. The summed E-state index contributed by atoms with van der Waals surface area (Å²) < 4.78 is 5.35. The Balaban J connectivity index is 2.10. The number of hydrogen-bond acceptors (Lipinski definition) is 5. The van der Waals surface area contributed by atoms with Gasteiger partial charge in [0.2, 0.25) is 11.7 Å². The second kappa shape index (κ2) is 8.71. The predicted octanol–water partition coefficient (Wildman–Crippen LogP) is 1.61. The summed E-state index contributed by atoms with van der Waals surface area (Å²) in [5.74, 6) is -2.12. The van der Waals surface area contributed by atoms with Crippen LogP contribution >= 0.6 is 0 Å². The lowest BCUT2D eigenvalue weighted by Crippen LogP contribution is -2.52. The largest absolute Gasteiger partial charge is 0.416 e. The first kappa shape index (κ1) is 21.2. The monoisotopic (exact) mass is 377 g/mol. The first-order valence-corrected chi connectivity index (χ1v) is 9.30. The van der Waals surface area contributed by atoms with Crippen molar-refractivity contribution < 1.29 is 19.4 Å². The average Bonchev–Trinajstić information content (AvgIpc) is 2.53. The molecule has 1 atom stereocenters. The van der Waals surface area contributed by atoms with Gasteiger partial charge in [0.05, 0.1) is 6.42 Å². The fourth-order valence-corrected chi connectivity index (χ4v) is 2.96. The Morgan fingerprint density at radius 2 is 1.70 bits per heavy atom. The maximum atomic E-state index is 12.7. The summed E-state index contributed by atoms with van der Waals surface area (Å²) in [6, 6.07) is 9.21. The van der Waals surface area contributed by atoms with Crippen LogP contribution in [0.1, 0.15) is 32.8 Å². The third-order valence-corrected chi connectivity index (χ3v) is 4.37. The number of nitrogens with zero attached hydrogens (tertiary/aromatic N) is 2. The van der Waals surface area contributed by atoms with Crippen molar-refractivity contribution in [1.82, 2.24) is 15.1 Å². The van der Waals surface area contributed by atoms with Gasteiger partial charge in [0.1, 0.15) is 0 Å². The number of carbonyl (C=O) groups excluding carboxylic acids is 2. The number of alkyl carbamates (subject to hydrolysis) is 1. The first-order valence-electron chi connectivity index (χ1n) is 9.30. The Labute approximate surface area is 161 Å². The highest BCUT2D eigenvalue weighted by Crippen LogP contribution is 2.22. The molecular formula is C20H31N3O4. The summed E-state index contributed by atoms with van der Waals surface area (Å²) in [4.78, 5) is 28.8. The summed E-state index contributed by atoms with van der Waals surface area (Å²) >= 11 is 0. The topological polar surface area (TPSA) is 82.1 Å². The summed E-state index contributed by atoms with van der Waals surface area (Å²) in [5.41, 5.74) is 0.279. The van der Waals surface area contributed by atoms with Crippen LogP contribution in [0, 0.1) is 0 Å². The Kier molecular flexibility index (Phi) is 6.84. The van der Waals surface area contributed by atoms with Crippen molar-refractivity contribution in [2.45, 2.75) is 44.9 Å². The van der Waals surface area contributed by atoms with Crippen molar-refractivity contribution in [3.8, 4) is 0 Å². The second-order valence-electron chi connectivity index (χ2n) is 8.23. The van der Waals surface area contributed by atoms with Crippen molar-refractivity contribution in [2.24, 2.45) is 0 Å². The molecule has 1 aliphatic rings. The Morgan fingerprint density at radius 3 is 2.26 bits per heavy atom. The van der Waals surface area contributed by atoms with E-state index in [2.05, 4.69) is 10.2 Å². The fraction of sp³-hybridized carbons (Fsp3) is 0.600. The van der Waals surface area contributed by atoms with Crippen LogP contribution in [-0.4, -0.2) is 71.5 Å². The Hall–Kier alpha value is -2.12.